The van der Waals surface area contributed by atoms with E-state index in [0.29, 0.717) is 12.4 Å². The minimum absolute atomic E-state index is 0.189. The molecule has 0 unspecified atom stereocenters. The lowest BCUT2D eigenvalue weighted by atomic mass is 9.84. The van der Waals surface area contributed by atoms with Gasteiger partial charge in [-0.1, -0.05) is 31.4 Å². The first-order chi connectivity index (χ1) is 10.3. The van der Waals surface area contributed by atoms with Crippen molar-refractivity contribution < 1.29 is 14.5 Å². The number of non-ortho nitro benzene ring substituents is 1. The Balaban J connectivity index is 0.000000295. The van der Waals surface area contributed by atoms with Gasteiger partial charge in [-0.15, -0.1) is 0 Å². The van der Waals surface area contributed by atoms with Crippen LogP contribution in [0.4, 0.5) is 5.69 Å². The number of hydrogen-bond acceptors (Lipinski definition) is 4. The van der Waals surface area contributed by atoms with Crippen molar-refractivity contribution in [2.45, 2.75) is 64.4 Å². The van der Waals surface area contributed by atoms with E-state index in [4.69, 9.17) is 0 Å². The van der Waals surface area contributed by atoms with E-state index >= 15 is 0 Å². The van der Waals surface area contributed by atoms with Crippen LogP contribution in [-0.2, 0) is 9.53 Å². The Morgan fingerprint density at radius 3 is 2.05 bits per heavy atom. The Hall–Kier alpha value is -1.91. The SMILES string of the molecule is CC(C)(C)OC=O.O=[N+]([O-])c1ccc(C2CCCCC2)cc1. The van der Waals surface area contributed by atoms with Crippen LogP contribution in [0.5, 0.6) is 0 Å². The van der Waals surface area contributed by atoms with Crippen molar-refractivity contribution in [1.82, 2.24) is 0 Å². The first-order valence-corrected chi connectivity index (χ1v) is 7.69. The van der Waals surface area contributed by atoms with Gasteiger partial charge in [-0.3, -0.25) is 14.9 Å². The maximum Gasteiger partial charge on any atom is 0.293 e. The number of nitro groups is 1. The molecule has 1 aliphatic carbocycles. The normalized spacial score (nSPS) is 15.4. The average molecular weight is 307 g/mol. The minimum atomic E-state index is -0.343. The lowest BCUT2D eigenvalue weighted by Crippen LogP contribution is -2.17. The molecular weight excluding hydrogens is 282 g/mol. The highest BCUT2D eigenvalue weighted by molar-refractivity contribution is 5.37. The largest absolute Gasteiger partial charge is 0.462 e. The average Bonchev–Trinajstić information content (AvgIpc) is 2.48. The van der Waals surface area contributed by atoms with E-state index in [1.807, 2.05) is 32.9 Å². The third-order valence-corrected chi connectivity index (χ3v) is 3.58. The molecule has 0 radical (unpaired) electrons. The summed E-state index contributed by atoms with van der Waals surface area (Å²) in [6, 6.07) is 7.05. The van der Waals surface area contributed by atoms with Crippen LogP contribution in [-0.4, -0.2) is 17.0 Å². The molecule has 1 aromatic carbocycles. The number of ether oxygens (including phenoxy) is 1. The van der Waals surface area contributed by atoms with Crippen molar-refractivity contribution in [1.29, 1.82) is 0 Å². The summed E-state index contributed by atoms with van der Waals surface area (Å²) in [5.74, 6) is 0.625. The zero-order valence-corrected chi connectivity index (χ0v) is 13.6. The van der Waals surface area contributed by atoms with Gasteiger partial charge in [0.2, 0.25) is 0 Å². The molecule has 0 bridgehead atoms. The van der Waals surface area contributed by atoms with Gasteiger partial charge >= 0.3 is 0 Å². The fourth-order valence-electron chi connectivity index (χ4n) is 2.45. The second-order valence-electron chi connectivity index (χ2n) is 6.51. The van der Waals surface area contributed by atoms with Gasteiger partial charge in [0, 0.05) is 12.1 Å². The molecule has 1 aliphatic rings. The van der Waals surface area contributed by atoms with E-state index in [-0.39, 0.29) is 16.2 Å². The Bertz CT molecular complexity index is 470. The Morgan fingerprint density at radius 1 is 1.14 bits per heavy atom. The summed E-state index contributed by atoms with van der Waals surface area (Å²) in [7, 11) is 0. The molecule has 0 saturated heterocycles. The molecule has 122 valence electrons. The van der Waals surface area contributed by atoms with E-state index in [1.54, 1.807) is 12.1 Å². The predicted molar refractivity (Wildman–Crippen MR) is 85.8 cm³/mol. The van der Waals surface area contributed by atoms with E-state index in [2.05, 4.69) is 4.74 Å². The van der Waals surface area contributed by atoms with Gasteiger partial charge in [0.05, 0.1) is 4.92 Å². The predicted octanol–water partition coefficient (Wildman–Crippen LogP) is 4.60. The molecule has 0 aromatic heterocycles. The topological polar surface area (TPSA) is 69.4 Å². The standard InChI is InChI=1S/C12H15NO2.C5H10O2/c14-13(15)12-8-6-11(7-9-12)10-4-2-1-3-5-10;1-5(2,3)7-4-6/h6-10H,1-5H2;4H,1-3H3. The summed E-state index contributed by atoms with van der Waals surface area (Å²) >= 11 is 0. The van der Waals surface area contributed by atoms with Gasteiger partial charge < -0.3 is 4.74 Å². The number of benzene rings is 1. The third kappa shape index (κ3) is 6.70. The summed E-state index contributed by atoms with van der Waals surface area (Å²) in [5, 5.41) is 10.5. The number of carbonyl (C=O) groups excluding carboxylic acids is 1. The highest BCUT2D eigenvalue weighted by Gasteiger charge is 2.16. The molecule has 0 spiro atoms. The Kier molecular flexibility index (Phi) is 7.02. The highest BCUT2D eigenvalue weighted by Crippen LogP contribution is 2.33. The van der Waals surface area contributed by atoms with Crippen molar-refractivity contribution in [3.05, 3.63) is 39.9 Å². The molecule has 0 aliphatic heterocycles. The lowest BCUT2D eigenvalue weighted by Gasteiger charge is -2.21. The van der Waals surface area contributed by atoms with Crippen LogP contribution in [0.25, 0.3) is 0 Å². The summed E-state index contributed by atoms with van der Waals surface area (Å²) in [6.45, 7) is 5.92. The molecule has 0 atom stereocenters. The Morgan fingerprint density at radius 2 is 1.68 bits per heavy atom. The zero-order valence-electron chi connectivity index (χ0n) is 13.6. The van der Waals surface area contributed by atoms with Crippen molar-refractivity contribution in [2.75, 3.05) is 0 Å². The number of nitro benzene ring substituents is 1. The van der Waals surface area contributed by atoms with Crippen molar-refractivity contribution in [3.63, 3.8) is 0 Å². The molecule has 1 saturated carbocycles. The van der Waals surface area contributed by atoms with E-state index < -0.39 is 0 Å². The first-order valence-electron chi connectivity index (χ1n) is 7.69. The monoisotopic (exact) mass is 307 g/mol. The van der Waals surface area contributed by atoms with Crippen LogP contribution >= 0.6 is 0 Å². The van der Waals surface area contributed by atoms with Gasteiger partial charge in [0.1, 0.15) is 5.60 Å². The van der Waals surface area contributed by atoms with E-state index in [1.165, 1.54) is 37.7 Å². The summed E-state index contributed by atoms with van der Waals surface area (Å²) < 4.78 is 4.55. The van der Waals surface area contributed by atoms with Gasteiger partial charge in [-0.05, 0) is 45.1 Å². The van der Waals surface area contributed by atoms with Crippen molar-refractivity contribution in [3.8, 4) is 0 Å². The second-order valence-corrected chi connectivity index (χ2v) is 6.51. The van der Waals surface area contributed by atoms with Crippen LogP contribution in [0.2, 0.25) is 0 Å². The Labute approximate surface area is 131 Å². The first kappa shape index (κ1) is 18.1. The molecule has 5 nitrogen and oxygen atoms in total. The fourth-order valence-corrected chi connectivity index (χ4v) is 2.45. The van der Waals surface area contributed by atoms with Gasteiger partial charge in [-0.2, -0.15) is 0 Å². The van der Waals surface area contributed by atoms with E-state index in [9.17, 15) is 14.9 Å². The molecular formula is C17H25NO4. The van der Waals surface area contributed by atoms with Gasteiger partial charge in [0.15, 0.2) is 0 Å². The van der Waals surface area contributed by atoms with Crippen LogP contribution < -0.4 is 0 Å². The summed E-state index contributed by atoms with van der Waals surface area (Å²) in [5.41, 5.74) is 1.14. The molecule has 0 N–H and O–H groups in total. The number of hydrogen-bond donors (Lipinski definition) is 0. The molecule has 1 aromatic rings. The molecule has 1 fully saturated rings. The number of rotatable bonds is 3. The maximum absolute atomic E-state index is 10.5. The van der Waals surface area contributed by atoms with Gasteiger partial charge in [0.25, 0.3) is 12.2 Å². The fraction of sp³-hybridized carbons (Fsp3) is 0.588. The highest BCUT2D eigenvalue weighted by atomic mass is 16.6. The van der Waals surface area contributed by atoms with Crippen LogP contribution in [0.3, 0.4) is 0 Å². The maximum atomic E-state index is 10.5. The smallest absolute Gasteiger partial charge is 0.293 e. The van der Waals surface area contributed by atoms with Crippen molar-refractivity contribution in [2.24, 2.45) is 0 Å². The quantitative estimate of drug-likeness (QED) is 0.465. The van der Waals surface area contributed by atoms with Crippen LogP contribution in [0.15, 0.2) is 24.3 Å². The van der Waals surface area contributed by atoms with Gasteiger partial charge in [-0.25, -0.2) is 0 Å². The zero-order chi connectivity index (χ0) is 16.6. The summed E-state index contributed by atoms with van der Waals surface area (Å²) in [4.78, 5) is 19.7. The number of nitrogens with zero attached hydrogens (tertiary/aromatic N) is 1. The summed E-state index contributed by atoms with van der Waals surface area (Å²) in [6.07, 6.45) is 6.39. The molecule has 22 heavy (non-hydrogen) atoms. The van der Waals surface area contributed by atoms with Crippen LogP contribution in [0.1, 0.15) is 64.4 Å². The minimum Gasteiger partial charge on any atom is -0.462 e. The van der Waals surface area contributed by atoms with E-state index in [0.717, 1.165) is 0 Å². The number of carbonyl (C=O) groups is 1. The second kappa shape index (κ2) is 8.51. The van der Waals surface area contributed by atoms with Crippen LogP contribution in [0, 0.1) is 10.1 Å². The molecule has 2 rings (SSSR count). The lowest BCUT2D eigenvalue weighted by molar-refractivity contribution is -0.384. The van der Waals surface area contributed by atoms with Crippen molar-refractivity contribution >= 4 is 12.2 Å². The third-order valence-electron chi connectivity index (χ3n) is 3.58. The molecule has 0 heterocycles. The molecule has 0 amide bonds. The molecule has 5 heteroatoms.